The highest BCUT2D eigenvalue weighted by Gasteiger charge is 2.26. The number of pyridine rings is 1. The Balaban J connectivity index is 1.42. The molecule has 0 amide bonds. The average molecular weight is 365 g/mol. The van der Waals surface area contributed by atoms with Gasteiger partial charge in [0, 0.05) is 44.6 Å². The average Bonchev–Trinajstić information content (AvgIpc) is 3.33. The van der Waals surface area contributed by atoms with E-state index < -0.39 is 0 Å². The minimum Gasteiger partial charge on any atom is -0.316 e. The summed E-state index contributed by atoms with van der Waals surface area (Å²) in [6.45, 7) is 5.84. The lowest BCUT2D eigenvalue weighted by atomic mass is 9.97. The van der Waals surface area contributed by atoms with Crippen molar-refractivity contribution in [3.8, 4) is 0 Å². The van der Waals surface area contributed by atoms with E-state index in [1.165, 1.54) is 12.0 Å². The maximum absolute atomic E-state index is 4.62. The second-order valence-corrected chi connectivity index (χ2v) is 7.32. The summed E-state index contributed by atoms with van der Waals surface area (Å²) in [6.07, 6.45) is 9.11. The summed E-state index contributed by atoms with van der Waals surface area (Å²) in [4.78, 5) is 7.11. The van der Waals surface area contributed by atoms with Gasteiger partial charge < -0.3 is 4.57 Å². The van der Waals surface area contributed by atoms with E-state index in [-0.39, 0.29) is 0 Å². The molecule has 0 spiro atoms. The van der Waals surface area contributed by atoms with Crippen molar-refractivity contribution in [2.45, 2.75) is 45.2 Å². The Morgan fingerprint density at radius 3 is 2.85 bits per heavy atom. The molecule has 0 aromatic carbocycles. The second kappa shape index (κ2) is 8.00. The van der Waals surface area contributed by atoms with Crippen LogP contribution in [0.4, 0.5) is 0 Å². The predicted molar refractivity (Wildman–Crippen MR) is 103 cm³/mol. The van der Waals surface area contributed by atoms with E-state index in [0.717, 1.165) is 49.8 Å². The van der Waals surface area contributed by atoms with Gasteiger partial charge in [0.15, 0.2) is 5.82 Å². The van der Waals surface area contributed by atoms with E-state index in [1.54, 1.807) is 6.20 Å². The number of hydrogen-bond acceptors (Lipinski definition) is 5. The molecule has 1 saturated heterocycles. The summed E-state index contributed by atoms with van der Waals surface area (Å²) in [5.74, 6) is 2.44. The zero-order valence-electron chi connectivity index (χ0n) is 16.1. The molecule has 27 heavy (non-hydrogen) atoms. The molecule has 1 fully saturated rings. The third-order valence-electron chi connectivity index (χ3n) is 5.41. The molecule has 4 heterocycles. The Kier molecular flexibility index (Phi) is 5.29. The van der Waals surface area contributed by atoms with Crippen LogP contribution in [0.3, 0.4) is 0 Å². The summed E-state index contributed by atoms with van der Waals surface area (Å²) >= 11 is 0. The van der Waals surface area contributed by atoms with Gasteiger partial charge in [-0.05, 0) is 43.5 Å². The summed E-state index contributed by atoms with van der Waals surface area (Å²) in [7, 11) is 2.07. The summed E-state index contributed by atoms with van der Waals surface area (Å²) in [5.41, 5.74) is 2.43. The van der Waals surface area contributed by atoms with Crippen LogP contribution in [0.25, 0.3) is 0 Å². The Hall–Kier alpha value is -2.54. The molecule has 0 radical (unpaired) electrons. The molecule has 3 aromatic heterocycles. The molecule has 0 bridgehead atoms. The van der Waals surface area contributed by atoms with Gasteiger partial charge in [-0.15, -0.1) is 10.2 Å². The van der Waals surface area contributed by atoms with Crippen molar-refractivity contribution < 1.29 is 0 Å². The summed E-state index contributed by atoms with van der Waals surface area (Å²) in [6, 6.07) is 6.28. The van der Waals surface area contributed by atoms with E-state index in [4.69, 9.17) is 0 Å². The molecule has 0 aliphatic carbocycles. The number of rotatable bonds is 6. The molecule has 4 rings (SSSR count). The molecule has 0 N–H and O–H groups in total. The molecular weight excluding hydrogens is 338 g/mol. The van der Waals surface area contributed by atoms with Crippen molar-refractivity contribution in [1.29, 1.82) is 0 Å². The molecule has 1 atom stereocenters. The van der Waals surface area contributed by atoms with Crippen molar-refractivity contribution in [2.24, 2.45) is 7.05 Å². The second-order valence-electron chi connectivity index (χ2n) is 7.32. The molecule has 142 valence electrons. The fourth-order valence-corrected chi connectivity index (χ4v) is 3.80. The summed E-state index contributed by atoms with van der Waals surface area (Å²) < 4.78 is 4.02. The lowest BCUT2D eigenvalue weighted by Gasteiger charge is -2.31. The third kappa shape index (κ3) is 4.08. The zero-order chi connectivity index (χ0) is 18.6. The van der Waals surface area contributed by atoms with Gasteiger partial charge in [0.05, 0.1) is 5.69 Å². The number of aryl methyl sites for hydroxylation is 1. The molecule has 1 unspecified atom stereocenters. The van der Waals surface area contributed by atoms with Crippen LogP contribution < -0.4 is 0 Å². The molecule has 7 nitrogen and oxygen atoms in total. The van der Waals surface area contributed by atoms with E-state index in [2.05, 4.69) is 55.9 Å². The highest BCUT2D eigenvalue weighted by atomic mass is 15.3. The van der Waals surface area contributed by atoms with E-state index >= 15 is 0 Å². The van der Waals surface area contributed by atoms with Crippen LogP contribution >= 0.6 is 0 Å². The molecular formula is C20H27N7. The van der Waals surface area contributed by atoms with E-state index in [9.17, 15) is 0 Å². The first-order chi connectivity index (χ1) is 13.2. The molecule has 7 heteroatoms. The van der Waals surface area contributed by atoms with Crippen molar-refractivity contribution in [3.63, 3.8) is 0 Å². The van der Waals surface area contributed by atoms with Gasteiger partial charge in [-0.3, -0.25) is 14.6 Å². The van der Waals surface area contributed by atoms with Crippen molar-refractivity contribution in [2.75, 3.05) is 13.1 Å². The van der Waals surface area contributed by atoms with Gasteiger partial charge in [-0.2, -0.15) is 5.10 Å². The standard InChI is InChI=1S/C20H27N7/c1-3-16-7-8-18(21-12-16)14-26-10-4-6-17(13-26)20-24-23-19(25(20)2)15-27-11-5-9-22-27/h5,7-9,11-12,17H,3-4,6,10,13-15H2,1-2H3. The fraction of sp³-hybridized carbons (Fsp3) is 0.500. The van der Waals surface area contributed by atoms with Gasteiger partial charge >= 0.3 is 0 Å². The highest BCUT2D eigenvalue weighted by molar-refractivity contribution is 5.14. The summed E-state index contributed by atoms with van der Waals surface area (Å²) in [5, 5.41) is 13.2. The first kappa shape index (κ1) is 17.9. The van der Waals surface area contributed by atoms with Crippen molar-refractivity contribution >= 4 is 0 Å². The van der Waals surface area contributed by atoms with Crippen LogP contribution in [-0.2, 0) is 26.6 Å². The predicted octanol–water partition coefficient (Wildman–Crippen LogP) is 2.40. The minimum atomic E-state index is 0.414. The Labute approximate surface area is 160 Å². The van der Waals surface area contributed by atoms with Crippen LogP contribution in [0, 0.1) is 0 Å². The van der Waals surface area contributed by atoms with Crippen LogP contribution in [0.5, 0.6) is 0 Å². The Bertz CT molecular complexity index is 851. The van der Waals surface area contributed by atoms with Gasteiger partial charge in [0.2, 0.25) is 0 Å². The number of piperidine rings is 1. The SMILES string of the molecule is CCc1ccc(CN2CCCC(c3nnc(Cn4cccn4)n3C)C2)nc1. The molecule has 0 saturated carbocycles. The molecule has 1 aliphatic rings. The van der Waals surface area contributed by atoms with Crippen molar-refractivity contribution in [3.05, 3.63) is 59.7 Å². The highest BCUT2D eigenvalue weighted by Crippen LogP contribution is 2.26. The monoisotopic (exact) mass is 365 g/mol. The number of hydrogen-bond donors (Lipinski definition) is 0. The molecule has 3 aromatic rings. The number of aromatic nitrogens is 6. The van der Waals surface area contributed by atoms with E-state index in [0.29, 0.717) is 12.5 Å². The maximum Gasteiger partial charge on any atom is 0.154 e. The van der Waals surface area contributed by atoms with Crippen LogP contribution in [0.15, 0.2) is 36.8 Å². The third-order valence-corrected chi connectivity index (χ3v) is 5.41. The first-order valence-corrected chi connectivity index (χ1v) is 9.74. The smallest absolute Gasteiger partial charge is 0.154 e. The lowest BCUT2D eigenvalue weighted by molar-refractivity contribution is 0.193. The van der Waals surface area contributed by atoms with Gasteiger partial charge in [-0.25, -0.2) is 0 Å². The number of likely N-dealkylation sites (tertiary alicyclic amines) is 1. The first-order valence-electron chi connectivity index (χ1n) is 9.74. The Morgan fingerprint density at radius 2 is 2.11 bits per heavy atom. The van der Waals surface area contributed by atoms with Crippen LogP contribution in [0.1, 0.15) is 48.6 Å². The van der Waals surface area contributed by atoms with Gasteiger partial charge in [-0.1, -0.05) is 13.0 Å². The topological polar surface area (TPSA) is 64.7 Å². The Morgan fingerprint density at radius 1 is 1.19 bits per heavy atom. The van der Waals surface area contributed by atoms with Gasteiger partial charge in [0.1, 0.15) is 12.4 Å². The largest absolute Gasteiger partial charge is 0.316 e. The van der Waals surface area contributed by atoms with E-state index in [1.807, 2.05) is 23.1 Å². The quantitative estimate of drug-likeness (QED) is 0.671. The minimum absolute atomic E-state index is 0.414. The van der Waals surface area contributed by atoms with Crippen LogP contribution in [0.2, 0.25) is 0 Å². The maximum atomic E-state index is 4.62. The van der Waals surface area contributed by atoms with Crippen LogP contribution in [-0.4, -0.2) is 47.5 Å². The lowest BCUT2D eigenvalue weighted by Crippen LogP contribution is -2.35. The number of nitrogens with zero attached hydrogens (tertiary/aromatic N) is 7. The van der Waals surface area contributed by atoms with Gasteiger partial charge in [0.25, 0.3) is 0 Å². The van der Waals surface area contributed by atoms with Crippen molar-refractivity contribution in [1.82, 2.24) is 34.4 Å². The molecule has 1 aliphatic heterocycles. The zero-order valence-corrected chi connectivity index (χ0v) is 16.1. The fourth-order valence-electron chi connectivity index (χ4n) is 3.80. The normalized spacial score (nSPS) is 18.1.